The molecule has 2 aliphatic heterocycles. The molecule has 0 radical (unpaired) electrons. The van der Waals surface area contributed by atoms with E-state index in [9.17, 15) is 0 Å². The van der Waals surface area contributed by atoms with Crippen LogP contribution in [0.1, 0.15) is 12.6 Å². The second kappa shape index (κ2) is 4.52. The van der Waals surface area contributed by atoms with Gasteiger partial charge in [-0.25, -0.2) is 4.98 Å². The van der Waals surface area contributed by atoms with Crippen LogP contribution in [-0.4, -0.2) is 40.5 Å². The van der Waals surface area contributed by atoms with Gasteiger partial charge in [-0.2, -0.15) is 0 Å². The van der Waals surface area contributed by atoms with Gasteiger partial charge in [0.1, 0.15) is 5.15 Å². The number of hydrogen-bond acceptors (Lipinski definition) is 4. The smallest absolute Gasteiger partial charge is 0.147 e. The summed E-state index contributed by atoms with van der Waals surface area (Å²) in [6.45, 7) is 6.70. The molecule has 4 nitrogen and oxygen atoms in total. The van der Waals surface area contributed by atoms with Gasteiger partial charge in [-0.05, 0) is 31.8 Å². The number of fused-ring (bicyclic) bond motifs is 1. The quantitative estimate of drug-likeness (QED) is 0.858. The van der Waals surface area contributed by atoms with E-state index in [2.05, 4.69) is 27.1 Å². The molecule has 3 rings (SSSR count). The Morgan fingerprint density at radius 2 is 2.29 bits per heavy atom. The monoisotopic (exact) mass is 252 g/mol. The Balaban J connectivity index is 1.68. The summed E-state index contributed by atoms with van der Waals surface area (Å²) < 4.78 is 0. The zero-order valence-corrected chi connectivity index (χ0v) is 10.7. The number of hydrogen-bond donors (Lipinski definition) is 1. The third-order valence-electron chi connectivity index (χ3n) is 4.10. The van der Waals surface area contributed by atoms with Crippen molar-refractivity contribution in [3.05, 3.63) is 23.2 Å². The molecule has 0 amide bonds. The number of halogens is 1. The molecule has 0 saturated carbocycles. The zero-order valence-electron chi connectivity index (χ0n) is 9.93. The van der Waals surface area contributed by atoms with Gasteiger partial charge in [0.15, 0.2) is 0 Å². The highest BCUT2D eigenvalue weighted by atomic mass is 35.5. The Bertz CT molecular complexity index is 394. The third kappa shape index (κ3) is 2.17. The fourth-order valence-corrected chi connectivity index (χ4v) is 3.19. The van der Waals surface area contributed by atoms with Crippen molar-refractivity contribution >= 4 is 11.6 Å². The van der Waals surface area contributed by atoms with Crippen molar-refractivity contribution in [1.29, 1.82) is 0 Å². The molecule has 92 valence electrons. The Kier molecular flexibility index (Phi) is 3.03. The van der Waals surface area contributed by atoms with Crippen molar-refractivity contribution < 1.29 is 0 Å². The molecule has 2 aliphatic rings. The van der Waals surface area contributed by atoms with Crippen LogP contribution in [0.2, 0.25) is 5.15 Å². The maximum absolute atomic E-state index is 5.74. The second-order valence-corrected chi connectivity index (χ2v) is 5.47. The Hall–Kier alpha value is -0.710. The van der Waals surface area contributed by atoms with Gasteiger partial charge in [0.05, 0.1) is 18.1 Å². The van der Waals surface area contributed by atoms with E-state index in [1.54, 1.807) is 12.4 Å². The van der Waals surface area contributed by atoms with E-state index in [0.717, 1.165) is 37.2 Å². The highest BCUT2D eigenvalue weighted by Crippen LogP contribution is 2.32. The van der Waals surface area contributed by atoms with Gasteiger partial charge in [-0.1, -0.05) is 11.6 Å². The number of rotatable bonds is 2. The van der Waals surface area contributed by atoms with Crippen molar-refractivity contribution in [2.24, 2.45) is 11.8 Å². The third-order valence-corrected chi connectivity index (χ3v) is 4.29. The van der Waals surface area contributed by atoms with Gasteiger partial charge in [-0.3, -0.25) is 9.88 Å². The molecule has 2 fully saturated rings. The lowest BCUT2D eigenvalue weighted by atomic mass is 9.95. The van der Waals surface area contributed by atoms with Crippen LogP contribution in [-0.2, 0) is 6.54 Å². The van der Waals surface area contributed by atoms with Crippen LogP contribution in [0.5, 0.6) is 0 Å². The molecule has 0 aromatic carbocycles. The van der Waals surface area contributed by atoms with E-state index in [1.807, 2.05) is 0 Å². The van der Waals surface area contributed by atoms with Gasteiger partial charge >= 0.3 is 0 Å². The van der Waals surface area contributed by atoms with E-state index in [0.29, 0.717) is 11.2 Å². The van der Waals surface area contributed by atoms with E-state index >= 15 is 0 Å². The molecule has 3 atom stereocenters. The Labute approximate surface area is 106 Å². The lowest BCUT2D eigenvalue weighted by molar-refractivity contribution is 0.228. The molecule has 1 N–H and O–H groups in total. The standard InChI is InChI=1S/C12H17ClN4/c1-8-11-4-14-2-9(11)6-17(8)7-10-3-16-12(13)5-15-10/h3,5,8-9,11,14H,2,4,6-7H2,1H3. The molecule has 0 spiro atoms. The molecular weight excluding hydrogens is 236 g/mol. The van der Waals surface area contributed by atoms with E-state index in [1.165, 1.54) is 6.54 Å². The minimum absolute atomic E-state index is 0.462. The van der Waals surface area contributed by atoms with E-state index in [4.69, 9.17) is 11.6 Å². The molecule has 2 saturated heterocycles. The molecule has 1 aromatic heterocycles. The molecule has 3 unspecified atom stereocenters. The first-order valence-corrected chi connectivity index (χ1v) is 6.53. The molecule has 1 aromatic rings. The largest absolute Gasteiger partial charge is 0.316 e. The highest BCUT2D eigenvalue weighted by Gasteiger charge is 2.41. The predicted octanol–water partition coefficient (Wildman–Crippen LogP) is 1.17. The van der Waals surface area contributed by atoms with Crippen LogP contribution in [0, 0.1) is 11.8 Å². The first-order valence-electron chi connectivity index (χ1n) is 6.15. The van der Waals surface area contributed by atoms with Crippen molar-refractivity contribution in [2.75, 3.05) is 19.6 Å². The summed E-state index contributed by atoms with van der Waals surface area (Å²) >= 11 is 5.74. The van der Waals surface area contributed by atoms with Crippen molar-refractivity contribution in [2.45, 2.75) is 19.5 Å². The summed E-state index contributed by atoms with van der Waals surface area (Å²) in [6.07, 6.45) is 3.40. The Morgan fingerprint density at radius 3 is 3.00 bits per heavy atom. The summed E-state index contributed by atoms with van der Waals surface area (Å²) in [5, 5.41) is 3.94. The average Bonchev–Trinajstić information content (AvgIpc) is 2.87. The van der Waals surface area contributed by atoms with Crippen molar-refractivity contribution in [1.82, 2.24) is 20.2 Å². The van der Waals surface area contributed by atoms with E-state index in [-0.39, 0.29) is 0 Å². The number of aromatic nitrogens is 2. The van der Waals surface area contributed by atoms with Crippen LogP contribution in [0.25, 0.3) is 0 Å². The number of likely N-dealkylation sites (tertiary alicyclic amines) is 1. The van der Waals surface area contributed by atoms with Gasteiger partial charge in [0.25, 0.3) is 0 Å². The normalized spacial score (nSPS) is 32.9. The average molecular weight is 253 g/mol. The minimum Gasteiger partial charge on any atom is -0.316 e. The molecular formula is C12H17ClN4. The Morgan fingerprint density at radius 1 is 1.41 bits per heavy atom. The first-order chi connectivity index (χ1) is 8.24. The maximum atomic E-state index is 5.74. The van der Waals surface area contributed by atoms with Crippen molar-refractivity contribution in [3.8, 4) is 0 Å². The summed E-state index contributed by atoms with van der Waals surface area (Å²) in [4.78, 5) is 10.9. The fraction of sp³-hybridized carbons (Fsp3) is 0.667. The molecule has 3 heterocycles. The van der Waals surface area contributed by atoms with Crippen LogP contribution >= 0.6 is 11.6 Å². The molecule has 0 bridgehead atoms. The SMILES string of the molecule is CC1C2CNCC2CN1Cc1cnc(Cl)cn1. The highest BCUT2D eigenvalue weighted by molar-refractivity contribution is 6.29. The zero-order chi connectivity index (χ0) is 11.8. The van der Waals surface area contributed by atoms with E-state index < -0.39 is 0 Å². The number of nitrogens with one attached hydrogen (secondary N) is 1. The molecule has 0 aliphatic carbocycles. The lowest BCUT2D eigenvalue weighted by Gasteiger charge is -2.23. The molecule has 5 heteroatoms. The van der Waals surface area contributed by atoms with Gasteiger partial charge in [0, 0.05) is 19.1 Å². The van der Waals surface area contributed by atoms with Crippen LogP contribution in [0.4, 0.5) is 0 Å². The van der Waals surface area contributed by atoms with Gasteiger partial charge < -0.3 is 5.32 Å². The van der Waals surface area contributed by atoms with Crippen LogP contribution in [0.15, 0.2) is 12.4 Å². The summed E-state index contributed by atoms with van der Waals surface area (Å²) in [7, 11) is 0. The first kappa shape index (κ1) is 11.4. The minimum atomic E-state index is 0.462. The summed E-state index contributed by atoms with van der Waals surface area (Å²) in [6, 6.07) is 0.632. The molecule has 17 heavy (non-hydrogen) atoms. The summed E-state index contributed by atoms with van der Waals surface area (Å²) in [5.41, 5.74) is 1.01. The predicted molar refractivity (Wildman–Crippen MR) is 66.8 cm³/mol. The van der Waals surface area contributed by atoms with Crippen LogP contribution < -0.4 is 5.32 Å². The van der Waals surface area contributed by atoms with Gasteiger partial charge in [0.2, 0.25) is 0 Å². The lowest BCUT2D eigenvalue weighted by Crippen LogP contribution is -2.33. The van der Waals surface area contributed by atoms with Gasteiger partial charge in [-0.15, -0.1) is 0 Å². The fourth-order valence-electron chi connectivity index (χ4n) is 3.09. The van der Waals surface area contributed by atoms with Crippen LogP contribution in [0.3, 0.4) is 0 Å². The van der Waals surface area contributed by atoms with Crippen molar-refractivity contribution in [3.63, 3.8) is 0 Å². The second-order valence-electron chi connectivity index (χ2n) is 5.08. The summed E-state index contributed by atoms with van der Waals surface area (Å²) in [5.74, 6) is 1.61. The number of nitrogens with zero attached hydrogens (tertiary/aromatic N) is 3. The maximum Gasteiger partial charge on any atom is 0.147 e. The topological polar surface area (TPSA) is 41.0 Å².